The van der Waals surface area contributed by atoms with E-state index in [4.69, 9.17) is 4.74 Å². The van der Waals surface area contributed by atoms with Gasteiger partial charge in [0.1, 0.15) is 6.10 Å². The third-order valence-corrected chi connectivity index (χ3v) is 5.92. The van der Waals surface area contributed by atoms with Crippen LogP contribution in [0.4, 0.5) is 0 Å². The fraction of sp³-hybridized carbons (Fsp3) is 0.952. The number of fused-ring (bicyclic) bond motifs is 1. The van der Waals surface area contributed by atoms with Crippen LogP contribution in [-0.2, 0) is 9.53 Å². The van der Waals surface area contributed by atoms with Crippen LogP contribution in [0, 0.1) is 28.6 Å². The van der Waals surface area contributed by atoms with Crippen LogP contribution in [0.3, 0.4) is 0 Å². The molecule has 2 aliphatic carbocycles. The molecule has 0 aromatic carbocycles. The molecule has 2 aliphatic rings. The summed E-state index contributed by atoms with van der Waals surface area (Å²) in [7, 11) is 0. The first-order valence-electron chi connectivity index (χ1n) is 9.78. The molecule has 2 saturated carbocycles. The van der Waals surface area contributed by atoms with Gasteiger partial charge in [0.15, 0.2) is 0 Å². The van der Waals surface area contributed by atoms with Gasteiger partial charge in [0.25, 0.3) is 0 Å². The summed E-state index contributed by atoms with van der Waals surface area (Å²) in [5, 5.41) is 0. The Morgan fingerprint density at radius 2 is 1.57 bits per heavy atom. The molecule has 2 rings (SSSR count). The Bertz CT molecular complexity index is 397. The number of ether oxygens (including phenoxy) is 1. The SMILES string of the molecule is CC(C)(C)CC(C(=O)OC1CCCC2CCCCC21)C(C)(C)C. The zero-order valence-corrected chi connectivity index (χ0v) is 16.3. The van der Waals surface area contributed by atoms with Gasteiger partial charge in [-0.05, 0) is 54.8 Å². The van der Waals surface area contributed by atoms with Crippen molar-refractivity contribution in [3.63, 3.8) is 0 Å². The first kappa shape index (κ1) is 18.8. The minimum absolute atomic E-state index is 0.00790. The normalized spacial score (nSPS) is 30.4. The lowest BCUT2D eigenvalue weighted by Crippen LogP contribution is -2.41. The molecule has 0 heterocycles. The Morgan fingerprint density at radius 3 is 2.17 bits per heavy atom. The molecular formula is C21H38O2. The summed E-state index contributed by atoms with van der Waals surface area (Å²) in [6.07, 6.45) is 10.1. The van der Waals surface area contributed by atoms with Crippen molar-refractivity contribution in [2.75, 3.05) is 0 Å². The zero-order valence-electron chi connectivity index (χ0n) is 16.3. The summed E-state index contributed by atoms with van der Waals surface area (Å²) in [5.74, 6) is 1.50. The van der Waals surface area contributed by atoms with Gasteiger partial charge in [-0.3, -0.25) is 4.79 Å². The van der Waals surface area contributed by atoms with Crippen molar-refractivity contribution in [2.45, 2.75) is 99.0 Å². The summed E-state index contributed by atoms with van der Waals surface area (Å²) < 4.78 is 6.16. The Morgan fingerprint density at radius 1 is 0.957 bits per heavy atom. The summed E-state index contributed by atoms with van der Waals surface area (Å²) in [5.41, 5.74) is 0.113. The van der Waals surface area contributed by atoms with Crippen molar-refractivity contribution < 1.29 is 9.53 Å². The topological polar surface area (TPSA) is 26.3 Å². The minimum atomic E-state index is -0.0367. The second kappa shape index (κ2) is 7.15. The Kier molecular flexibility index (Phi) is 5.85. The number of hydrogen-bond acceptors (Lipinski definition) is 2. The first-order chi connectivity index (χ1) is 10.6. The summed E-state index contributed by atoms with van der Waals surface area (Å²) in [4.78, 5) is 13.0. The first-order valence-corrected chi connectivity index (χ1v) is 9.78. The van der Waals surface area contributed by atoms with Crippen molar-refractivity contribution in [2.24, 2.45) is 28.6 Å². The van der Waals surface area contributed by atoms with E-state index in [0.717, 1.165) is 18.8 Å². The van der Waals surface area contributed by atoms with E-state index >= 15 is 0 Å². The Balaban J connectivity index is 2.05. The molecule has 23 heavy (non-hydrogen) atoms. The monoisotopic (exact) mass is 322 g/mol. The fourth-order valence-electron chi connectivity index (χ4n) is 4.61. The molecule has 0 aromatic heterocycles. The molecule has 0 radical (unpaired) electrons. The standard InChI is InChI=1S/C21H38O2/c1-20(2,3)14-17(21(4,5)6)19(22)23-18-13-9-11-15-10-7-8-12-16(15)18/h15-18H,7-14H2,1-6H3. The molecule has 2 nitrogen and oxygen atoms in total. The van der Waals surface area contributed by atoms with Gasteiger partial charge in [-0.15, -0.1) is 0 Å². The van der Waals surface area contributed by atoms with Gasteiger partial charge in [-0.1, -0.05) is 60.8 Å². The van der Waals surface area contributed by atoms with Gasteiger partial charge in [0.05, 0.1) is 5.92 Å². The average Bonchev–Trinajstić information content (AvgIpc) is 2.43. The van der Waals surface area contributed by atoms with Gasteiger partial charge < -0.3 is 4.74 Å². The van der Waals surface area contributed by atoms with Crippen LogP contribution < -0.4 is 0 Å². The number of carbonyl (C=O) groups is 1. The van der Waals surface area contributed by atoms with E-state index < -0.39 is 0 Å². The van der Waals surface area contributed by atoms with E-state index in [9.17, 15) is 4.79 Å². The Hall–Kier alpha value is -0.530. The van der Waals surface area contributed by atoms with Crippen LogP contribution in [0.25, 0.3) is 0 Å². The second-order valence-electron chi connectivity index (χ2n) is 10.3. The van der Waals surface area contributed by atoms with E-state index in [1.54, 1.807) is 0 Å². The van der Waals surface area contributed by atoms with Crippen molar-refractivity contribution >= 4 is 5.97 Å². The fourth-order valence-corrected chi connectivity index (χ4v) is 4.61. The van der Waals surface area contributed by atoms with Crippen LogP contribution in [0.2, 0.25) is 0 Å². The zero-order chi connectivity index (χ0) is 17.3. The van der Waals surface area contributed by atoms with Gasteiger partial charge in [-0.25, -0.2) is 0 Å². The van der Waals surface area contributed by atoms with E-state index in [-0.39, 0.29) is 28.8 Å². The molecular weight excluding hydrogens is 284 g/mol. The van der Waals surface area contributed by atoms with Crippen LogP contribution in [0.1, 0.15) is 92.9 Å². The van der Waals surface area contributed by atoms with Crippen LogP contribution in [-0.4, -0.2) is 12.1 Å². The maximum atomic E-state index is 13.0. The predicted octanol–water partition coefficient (Wildman–Crippen LogP) is 5.99. The summed E-state index contributed by atoms with van der Waals surface area (Å²) in [6, 6.07) is 0. The lowest BCUT2D eigenvalue weighted by Gasteiger charge is -2.42. The van der Waals surface area contributed by atoms with Crippen LogP contribution in [0.5, 0.6) is 0 Å². The maximum absolute atomic E-state index is 13.0. The number of hydrogen-bond donors (Lipinski definition) is 0. The van der Waals surface area contributed by atoms with E-state index in [1.807, 2.05) is 0 Å². The second-order valence-corrected chi connectivity index (χ2v) is 10.3. The summed E-state index contributed by atoms with van der Waals surface area (Å²) in [6.45, 7) is 13.2. The van der Waals surface area contributed by atoms with Gasteiger partial charge in [-0.2, -0.15) is 0 Å². The molecule has 0 aliphatic heterocycles. The lowest BCUT2D eigenvalue weighted by atomic mass is 9.69. The molecule has 0 aromatic rings. The highest BCUT2D eigenvalue weighted by molar-refractivity contribution is 5.73. The number of rotatable bonds is 3. The van der Waals surface area contributed by atoms with Crippen molar-refractivity contribution in [1.29, 1.82) is 0 Å². The van der Waals surface area contributed by atoms with Crippen molar-refractivity contribution in [1.82, 2.24) is 0 Å². The third-order valence-electron chi connectivity index (χ3n) is 5.92. The van der Waals surface area contributed by atoms with Gasteiger partial charge in [0, 0.05) is 0 Å². The molecule has 0 amide bonds. The molecule has 2 fully saturated rings. The number of esters is 1. The Labute approximate surface area is 143 Å². The highest BCUT2D eigenvalue weighted by Gasteiger charge is 2.41. The van der Waals surface area contributed by atoms with Crippen LogP contribution >= 0.6 is 0 Å². The van der Waals surface area contributed by atoms with Crippen LogP contribution in [0.15, 0.2) is 0 Å². The molecule has 4 atom stereocenters. The summed E-state index contributed by atoms with van der Waals surface area (Å²) >= 11 is 0. The third kappa shape index (κ3) is 5.22. The van der Waals surface area contributed by atoms with E-state index in [0.29, 0.717) is 5.92 Å². The van der Waals surface area contributed by atoms with Gasteiger partial charge >= 0.3 is 5.97 Å². The number of carbonyl (C=O) groups excluding carboxylic acids is 1. The highest BCUT2D eigenvalue weighted by atomic mass is 16.5. The average molecular weight is 323 g/mol. The van der Waals surface area contributed by atoms with E-state index in [2.05, 4.69) is 41.5 Å². The maximum Gasteiger partial charge on any atom is 0.309 e. The quantitative estimate of drug-likeness (QED) is 0.597. The van der Waals surface area contributed by atoms with E-state index in [1.165, 1.54) is 38.5 Å². The molecule has 2 heteroatoms. The van der Waals surface area contributed by atoms with Crippen molar-refractivity contribution in [3.8, 4) is 0 Å². The minimum Gasteiger partial charge on any atom is -0.462 e. The largest absolute Gasteiger partial charge is 0.462 e. The lowest BCUT2D eigenvalue weighted by molar-refractivity contribution is -0.166. The molecule has 0 bridgehead atoms. The molecule has 4 unspecified atom stereocenters. The molecule has 0 spiro atoms. The van der Waals surface area contributed by atoms with Gasteiger partial charge in [0.2, 0.25) is 0 Å². The van der Waals surface area contributed by atoms with Crippen molar-refractivity contribution in [3.05, 3.63) is 0 Å². The molecule has 0 saturated heterocycles. The molecule has 0 N–H and O–H groups in total. The highest BCUT2D eigenvalue weighted by Crippen LogP contribution is 2.43. The smallest absolute Gasteiger partial charge is 0.309 e. The predicted molar refractivity (Wildman–Crippen MR) is 96.2 cm³/mol. The molecule has 134 valence electrons.